The fraction of sp³-hybridized carbons (Fsp3) is 0.235. The van der Waals surface area contributed by atoms with Crippen molar-refractivity contribution in [3.8, 4) is 5.69 Å². The number of imidazole rings is 1. The lowest BCUT2D eigenvalue weighted by Crippen LogP contribution is -2.08. The van der Waals surface area contributed by atoms with Gasteiger partial charge >= 0.3 is 6.18 Å². The molecule has 1 aromatic carbocycles. The second-order valence-electron chi connectivity index (χ2n) is 6.21. The zero-order valence-corrected chi connectivity index (χ0v) is 12.9. The van der Waals surface area contributed by atoms with Gasteiger partial charge in [0.05, 0.1) is 17.8 Å². The van der Waals surface area contributed by atoms with Gasteiger partial charge < -0.3 is 0 Å². The van der Waals surface area contributed by atoms with E-state index in [4.69, 9.17) is 0 Å². The molecule has 0 unspecified atom stereocenters. The molecule has 0 amide bonds. The van der Waals surface area contributed by atoms with Crippen molar-refractivity contribution in [1.82, 2.24) is 24.3 Å². The summed E-state index contributed by atoms with van der Waals surface area (Å²) < 4.78 is 42.4. The van der Waals surface area contributed by atoms with Crippen molar-refractivity contribution in [1.29, 1.82) is 0 Å². The monoisotopic (exact) mass is 343 g/mol. The molecule has 1 fully saturated rings. The Balaban J connectivity index is 1.66. The second-order valence-corrected chi connectivity index (χ2v) is 6.21. The number of rotatable bonds is 2. The highest BCUT2D eigenvalue weighted by Crippen LogP contribution is 2.37. The van der Waals surface area contributed by atoms with E-state index in [0.29, 0.717) is 17.2 Å². The van der Waals surface area contributed by atoms with Gasteiger partial charge in [0, 0.05) is 11.1 Å². The number of benzene rings is 1. The molecule has 126 valence electrons. The van der Waals surface area contributed by atoms with Gasteiger partial charge in [0.2, 0.25) is 0 Å². The Bertz CT molecular complexity index is 1100. The standard InChI is InChI=1S/C17H12F3N5/c18-17(19,20)15-6-4-13-16(23-15)24(9-21-13)12-3-5-14-10(7-12)8-22-25(14)11-1-2-11/h3-9,11H,1-2H2. The predicted octanol–water partition coefficient (Wildman–Crippen LogP) is 4.12. The van der Waals surface area contributed by atoms with Gasteiger partial charge in [0.15, 0.2) is 5.65 Å². The van der Waals surface area contributed by atoms with Crippen LogP contribution in [0.3, 0.4) is 0 Å². The number of alkyl halides is 3. The normalized spacial score (nSPS) is 15.3. The maximum Gasteiger partial charge on any atom is 0.433 e. The largest absolute Gasteiger partial charge is 0.433 e. The van der Waals surface area contributed by atoms with E-state index in [-0.39, 0.29) is 5.65 Å². The van der Waals surface area contributed by atoms with E-state index in [2.05, 4.69) is 15.1 Å². The van der Waals surface area contributed by atoms with Crippen LogP contribution in [0.15, 0.2) is 42.9 Å². The summed E-state index contributed by atoms with van der Waals surface area (Å²) in [6, 6.07) is 8.44. The molecule has 1 aliphatic rings. The summed E-state index contributed by atoms with van der Waals surface area (Å²) in [4.78, 5) is 7.91. The van der Waals surface area contributed by atoms with Gasteiger partial charge in [0.25, 0.3) is 0 Å². The molecule has 8 heteroatoms. The Labute approximate surface area is 139 Å². The highest BCUT2D eigenvalue weighted by Gasteiger charge is 2.33. The van der Waals surface area contributed by atoms with Gasteiger partial charge in [-0.25, -0.2) is 9.97 Å². The predicted molar refractivity (Wildman–Crippen MR) is 85.4 cm³/mol. The highest BCUT2D eigenvalue weighted by molar-refractivity contribution is 5.82. The molecule has 0 atom stereocenters. The fourth-order valence-electron chi connectivity index (χ4n) is 3.04. The van der Waals surface area contributed by atoms with Crippen LogP contribution in [0, 0.1) is 0 Å². The lowest BCUT2D eigenvalue weighted by atomic mass is 10.2. The summed E-state index contributed by atoms with van der Waals surface area (Å²) >= 11 is 0. The average Bonchev–Trinajstić information content (AvgIpc) is 3.20. The molecule has 0 saturated heterocycles. The first-order chi connectivity index (χ1) is 12.0. The minimum absolute atomic E-state index is 0.184. The molecule has 1 saturated carbocycles. The van der Waals surface area contributed by atoms with E-state index >= 15 is 0 Å². The van der Waals surface area contributed by atoms with Crippen LogP contribution in [0.1, 0.15) is 24.6 Å². The molecule has 0 aliphatic heterocycles. The Morgan fingerprint density at radius 3 is 2.68 bits per heavy atom. The molecule has 3 aromatic heterocycles. The second kappa shape index (κ2) is 4.81. The van der Waals surface area contributed by atoms with E-state index < -0.39 is 11.9 Å². The molecule has 0 radical (unpaired) electrons. The number of fused-ring (bicyclic) bond motifs is 2. The molecule has 0 N–H and O–H groups in total. The summed E-state index contributed by atoms with van der Waals surface area (Å²) in [6.07, 6.45) is 1.05. The third kappa shape index (κ3) is 2.28. The van der Waals surface area contributed by atoms with Gasteiger partial charge in [-0.1, -0.05) is 0 Å². The molecule has 5 rings (SSSR count). The maximum absolute atomic E-state index is 12.9. The van der Waals surface area contributed by atoms with E-state index in [1.165, 1.54) is 12.4 Å². The van der Waals surface area contributed by atoms with Crippen LogP contribution >= 0.6 is 0 Å². The Hall–Kier alpha value is -2.90. The van der Waals surface area contributed by atoms with Crippen LogP contribution in [-0.4, -0.2) is 24.3 Å². The first kappa shape index (κ1) is 14.4. The third-order valence-corrected chi connectivity index (χ3v) is 4.44. The molecule has 0 spiro atoms. The quantitative estimate of drug-likeness (QED) is 0.550. The fourth-order valence-corrected chi connectivity index (χ4v) is 3.04. The molecular formula is C17H12F3N5. The van der Waals surface area contributed by atoms with E-state index in [1.807, 2.05) is 22.9 Å². The molecule has 1 aliphatic carbocycles. The van der Waals surface area contributed by atoms with Crippen LogP contribution in [0.2, 0.25) is 0 Å². The topological polar surface area (TPSA) is 48.5 Å². The Morgan fingerprint density at radius 1 is 1.08 bits per heavy atom. The number of nitrogens with zero attached hydrogens (tertiary/aromatic N) is 5. The smallest absolute Gasteiger partial charge is 0.283 e. The SMILES string of the molecule is FC(F)(F)c1ccc2ncn(-c3ccc4c(cnn4C4CC4)c3)c2n1. The van der Waals surface area contributed by atoms with E-state index in [9.17, 15) is 13.2 Å². The summed E-state index contributed by atoms with van der Waals surface area (Å²) in [7, 11) is 0. The molecule has 5 nitrogen and oxygen atoms in total. The summed E-state index contributed by atoms with van der Waals surface area (Å²) in [6.45, 7) is 0. The van der Waals surface area contributed by atoms with E-state index in [1.54, 1.807) is 10.8 Å². The highest BCUT2D eigenvalue weighted by atomic mass is 19.4. The van der Waals surface area contributed by atoms with Gasteiger partial charge in [-0.15, -0.1) is 0 Å². The number of pyridine rings is 1. The summed E-state index contributed by atoms with van der Waals surface area (Å²) in [5.41, 5.74) is 1.41. The third-order valence-electron chi connectivity index (χ3n) is 4.44. The van der Waals surface area contributed by atoms with Crippen molar-refractivity contribution < 1.29 is 13.2 Å². The minimum atomic E-state index is -4.49. The van der Waals surface area contributed by atoms with Gasteiger partial charge in [0.1, 0.15) is 17.5 Å². The zero-order valence-electron chi connectivity index (χ0n) is 12.9. The van der Waals surface area contributed by atoms with Crippen molar-refractivity contribution in [3.05, 3.63) is 48.5 Å². The molecule has 3 heterocycles. The van der Waals surface area contributed by atoms with Crippen LogP contribution in [0.25, 0.3) is 27.8 Å². The average molecular weight is 343 g/mol. The van der Waals surface area contributed by atoms with Crippen LogP contribution < -0.4 is 0 Å². The van der Waals surface area contributed by atoms with Crippen molar-refractivity contribution in [3.63, 3.8) is 0 Å². The first-order valence-corrected chi connectivity index (χ1v) is 7.90. The van der Waals surface area contributed by atoms with Crippen LogP contribution in [-0.2, 0) is 6.18 Å². The lowest BCUT2D eigenvalue weighted by molar-refractivity contribution is -0.141. The van der Waals surface area contributed by atoms with Crippen LogP contribution in [0.4, 0.5) is 13.2 Å². The number of halogens is 3. The Morgan fingerprint density at radius 2 is 1.92 bits per heavy atom. The van der Waals surface area contributed by atoms with Crippen LogP contribution in [0.5, 0.6) is 0 Å². The van der Waals surface area contributed by atoms with Crippen molar-refractivity contribution in [2.75, 3.05) is 0 Å². The first-order valence-electron chi connectivity index (χ1n) is 7.90. The van der Waals surface area contributed by atoms with Crippen molar-refractivity contribution >= 4 is 22.1 Å². The van der Waals surface area contributed by atoms with Gasteiger partial charge in [-0.05, 0) is 43.2 Å². The van der Waals surface area contributed by atoms with Gasteiger partial charge in [-0.3, -0.25) is 9.25 Å². The molecule has 25 heavy (non-hydrogen) atoms. The van der Waals surface area contributed by atoms with Gasteiger partial charge in [-0.2, -0.15) is 18.3 Å². The summed E-state index contributed by atoms with van der Waals surface area (Å²) in [5.74, 6) is 0. The number of aromatic nitrogens is 5. The zero-order chi connectivity index (χ0) is 17.2. The molecule has 0 bridgehead atoms. The lowest BCUT2D eigenvalue weighted by Gasteiger charge is -2.08. The van der Waals surface area contributed by atoms with E-state index in [0.717, 1.165) is 29.8 Å². The van der Waals surface area contributed by atoms with Crippen molar-refractivity contribution in [2.24, 2.45) is 0 Å². The minimum Gasteiger partial charge on any atom is -0.283 e. The number of hydrogen-bond donors (Lipinski definition) is 0. The molecular weight excluding hydrogens is 331 g/mol. The maximum atomic E-state index is 12.9. The number of hydrogen-bond acceptors (Lipinski definition) is 3. The Kier molecular flexibility index (Phi) is 2.78. The molecule has 4 aromatic rings. The van der Waals surface area contributed by atoms with Crippen molar-refractivity contribution in [2.45, 2.75) is 25.1 Å². The summed E-state index contributed by atoms with van der Waals surface area (Å²) in [5, 5.41) is 5.36.